The Morgan fingerprint density at radius 2 is 1.83 bits per heavy atom. The molecular formula is C18H22N2O3. The lowest BCUT2D eigenvalue weighted by Gasteiger charge is -2.33. The van der Waals surface area contributed by atoms with Crippen molar-refractivity contribution in [2.45, 2.75) is 19.1 Å². The molecule has 3 heterocycles. The number of likely N-dealkylation sites (tertiary alicyclic amines) is 1. The fraction of sp³-hybridized carbons (Fsp3) is 0.500. The lowest BCUT2D eigenvalue weighted by atomic mass is 9.96. The van der Waals surface area contributed by atoms with Crippen molar-refractivity contribution in [2.75, 3.05) is 26.3 Å². The molecule has 1 aromatic carbocycles. The molecule has 2 fully saturated rings. The van der Waals surface area contributed by atoms with E-state index in [4.69, 9.17) is 9.47 Å². The van der Waals surface area contributed by atoms with E-state index in [-0.39, 0.29) is 12.2 Å². The summed E-state index contributed by atoms with van der Waals surface area (Å²) in [5.74, 6) is 0.532. The van der Waals surface area contributed by atoms with E-state index in [1.807, 2.05) is 46.8 Å². The quantitative estimate of drug-likeness (QED) is 0.855. The van der Waals surface area contributed by atoms with E-state index in [0.717, 1.165) is 42.5 Å². The normalized spacial score (nSPS) is 20.5. The summed E-state index contributed by atoms with van der Waals surface area (Å²) in [5, 5.41) is 1.11. The fourth-order valence-corrected chi connectivity index (χ4v) is 3.68. The van der Waals surface area contributed by atoms with Gasteiger partial charge in [-0.25, -0.2) is 0 Å². The monoisotopic (exact) mass is 314 g/mol. The number of carbonyl (C=O) groups excluding carboxylic acids is 1. The second-order valence-electron chi connectivity index (χ2n) is 6.39. The first-order chi connectivity index (χ1) is 11.2. The van der Waals surface area contributed by atoms with Crippen LogP contribution < -0.4 is 0 Å². The molecule has 0 atom stereocenters. The van der Waals surface area contributed by atoms with E-state index in [0.29, 0.717) is 19.1 Å². The van der Waals surface area contributed by atoms with E-state index in [1.165, 1.54) is 0 Å². The minimum absolute atomic E-state index is 0.0649. The third kappa shape index (κ3) is 2.64. The molecule has 0 saturated carbocycles. The number of aromatic nitrogens is 1. The summed E-state index contributed by atoms with van der Waals surface area (Å²) in [6, 6.07) is 10.1. The van der Waals surface area contributed by atoms with Gasteiger partial charge in [-0.2, -0.15) is 0 Å². The maximum absolute atomic E-state index is 12.9. The summed E-state index contributed by atoms with van der Waals surface area (Å²) >= 11 is 0. The molecule has 0 spiro atoms. The van der Waals surface area contributed by atoms with Crippen molar-refractivity contribution < 1.29 is 14.3 Å². The van der Waals surface area contributed by atoms with Crippen molar-refractivity contribution in [3.8, 4) is 0 Å². The van der Waals surface area contributed by atoms with Crippen LogP contribution in [0.1, 0.15) is 23.3 Å². The topological polar surface area (TPSA) is 43.7 Å². The SMILES string of the molecule is Cn1c(C(=O)N2CCC(C3OCCO3)CC2)cc2ccccc21. The average molecular weight is 314 g/mol. The summed E-state index contributed by atoms with van der Waals surface area (Å²) in [5.41, 5.74) is 1.86. The maximum atomic E-state index is 12.9. The molecule has 1 aromatic heterocycles. The van der Waals surface area contributed by atoms with E-state index >= 15 is 0 Å². The minimum atomic E-state index is -0.0649. The van der Waals surface area contributed by atoms with Gasteiger partial charge in [-0.1, -0.05) is 18.2 Å². The van der Waals surface area contributed by atoms with Crippen molar-refractivity contribution in [1.82, 2.24) is 9.47 Å². The van der Waals surface area contributed by atoms with E-state index in [9.17, 15) is 4.79 Å². The number of hydrogen-bond acceptors (Lipinski definition) is 3. The Balaban J connectivity index is 1.48. The van der Waals surface area contributed by atoms with E-state index in [2.05, 4.69) is 0 Å². The van der Waals surface area contributed by atoms with Crippen LogP contribution in [-0.2, 0) is 16.5 Å². The van der Waals surface area contributed by atoms with Crippen LogP contribution in [0.2, 0.25) is 0 Å². The van der Waals surface area contributed by atoms with Crippen molar-refractivity contribution in [2.24, 2.45) is 13.0 Å². The van der Waals surface area contributed by atoms with Gasteiger partial charge in [0.25, 0.3) is 5.91 Å². The Hall–Kier alpha value is -1.85. The summed E-state index contributed by atoms with van der Waals surface area (Å²) in [6.07, 6.45) is 1.82. The Bertz CT molecular complexity index is 710. The Labute approximate surface area is 135 Å². The molecule has 0 aliphatic carbocycles. The number of ether oxygens (including phenoxy) is 2. The standard InChI is InChI=1S/C18H22N2O3/c1-19-15-5-3-2-4-14(15)12-16(19)17(21)20-8-6-13(7-9-20)18-22-10-11-23-18/h2-5,12-13,18H,6-11H2,1H3. The lowest BCUT2D eigenvalue weighted by molar-refractivity contribution is -0.0956. The zero-order chi connectivity index (χ0) is 15.8. The molecule has 1 amide bonds. The van der Waals surface area contributed by atoms with Gasteiger partial charge >= 0.3 is 0 Å². The molecule has 2 aliphatic rings. The summed E-state index contributed by atoms with van der Waals surface area (Å²) in [6.45, 7) is 2.93. The van der Waals surface area contributed by atoms with E-state index < -0.39 is 0 Å². The number of nitrogens with zero attached hydrogens (tertiary/aromatic N) is 2. The van der Waals surface area contributed by atoms with Gasteiger partial charge < -0.3 is 18.9 Å². The van der Waals surface area contributed by atoms with Gasteiger partial charge in [0.15, 0.2) is 6.29 Å². The van der Waals surface area contributed by atoms with Gasteiger partial charge in [-0.3, -0.25) is 4.79 Å². The first-order valence-electron chi connectivity index (χ1n) is 8.31. The number of aryl methyl sites for hydroxylation is 1. The van der Waals surface area contributed by atoms with E-state index in [1.54, 1.807) is 0 Å². The summed E-state index contributed by atoms with van der Waals surface area (Å²) in [7, 11) is 1.96. The predicted octanol–water partition coefficient (Wildman–Crippen LogP) is 2.40. The predicted molar refractivity (Wildman–Crippen MR) is 87.2 cm³/mol. The average Bonchev–Trinajstić information content (AvgIpc) is 3.23. The van der Waals surface area contributed by atoms with Crippen molar-refractivity contribution in [1.29, 1.82) is 0 Å². The van der Waals surface area contributed by atoms with Crippen molar-refractivity contribution in [3.05, 3.63) is 36.0 Å². The second kappa shape index (κ2) is 5.98. The molecule has 2 aliphatic heterocycles. The zero-order valence-corrected chi connectivity index (χ0v) is 13.4. The van der Waals surface area contributed by atoms with Crippen LogP contribution in [-0.4, -0.2) is 48.0 Å². The first kappa shape index (κ1) is 14.7. The highest BCUT2D eigenvalue weighted by Crippen LogP contribution is 2.27. The van der Waals surface area contributed by atoms with Gasteiger partial charge in [-0.15, -0.1) is 0 Å². The van der Waals surface area contributed by atoms with Gasteiger partial charge in [0.05, 0.1) is 13.2 Å². The Morgan fingerprint density at radius 1 is 1.13 bits per heavy atom. The number of para-hydroxylation sites is 1. The van der Waals surface area contributed by atoms with Crippen LogP contribution in [0.4, 0.5) is 0 Å². The van der Waals surface area contributed by atoms with Crippen LogP contribution in [0.25, 0.3) is 10.9 Å². The zero-order valence-electron chi connectivity index (χ0n) is 13.4. The highest BCUT2D eigenvalue weighted by molar-refractivity contribution is 5.98. The van der Waals surface area contributed by atoms with Crippen LogP contribution in [0.3, 0.4) is 0 Å². The Morgan fingerprint density at radius 3 is 2.52 bits per heavy atom. The number of benzene rings is 1. The Kier molecular flexibility index (Phi) is 3.83. The number of amides is 1. The molecular weight excluding hydrogens is 292 g/mol. The molecule has 2 saturated heterocycles. The molecule has 4 rings (SSSR count). The number of hydrogen-bond donors (Lipinski definition) is 0. The largest absolute Gasteiger partial charge is 0.350 e. The van der Waals surface area contributed by atoms with Crippen molar-refractivity contribution in [3.63, 3.8) is 0 Å². The molecule has 0 unspecified atom stereocenters. The molecule has 5 nitrogen and oxygen atoms in total. The summed E-state index contributed by atoms with van der Waals surface area (Å²) < 4.78 is 13.2. The molecule has 0 bridgehead atoms. The number of fused-ring (bicyclic) bond motifs is 1. The van der Waals surface area contributed by atoms with Gasteiger partial charge in [0.1, 0.15) is 5.69 Å². The molecule has 0 radical (unpaired) electrons. The lowest BCUT2D eigenvalue weighted by Crippen LogP contribution is -2.42. The number of rotatable bonds is 2. The molecule has 5 heteroatoms. The van der Waals surface area contributed by atoms with Gasteiger partial charge in [-0.05, 0) is 25.0 Å². The summed E-state index contributed by atoms with van der Waals surface area (Å²) in [4.78, 5) is 14.8. The van der Waals surface area contributed by atoms with Crippen LogP contribution in [0.15, 0.2) is 30.3 Å². The first-order valence-corrected chi connectivity index (χ1v) is 8.31. The van der Waals surface area contributed by atoms with Crippen LogP contribution in [0, 0.1) is 5.92 Å². The maximum Gasteiger partial charge on any atom is 0.270 e. The fourth-order valence-electron chi connectivity index (χ4n) is 3.68. The molecule has 122 valence electrons. The highest BCUT2D eigenvalue weighted by Gasteiger charge is 2.32. The van der Waals surface area contributed by atoms with Crippen LogP contribution >= 0.6 is 0 Å². The minimum Gasteiger partial charge on any atom is -0.350 e. The van der Waals surface area contributed by atoms with Crippen molar-refractivity contribution >= 4 is 16.8 Å². The van der Waals surface area contributed by atoms with Crippen LogP contribution in [0.5, 0.6) is 0 Å². The highest BCUT2D eigenvalue weighted by atomic mass is 16.7. The number of carbonyl (C=O) groups is 1. The third-order valence-corrected chi connectivity index (χ3v) is 5.03. The smallest absolute Gasteiger partial charge is 0.270 e. The molecule has 0 N–H and O–H groups in total. The second-order valence-corrected chi connectivity index (χ2v) is 6.39. The number of piperidine rings is 1. The molecule has 23 heavy (non-hydrogen) atoms. The van der Waals surface area contributed by atoms with Gasteiger partial charge in [0.2, 0.25) is 0 Å². The third-order valence-electron chi connectivity index (χ3n) is 5.03. The van der Waals surface area contributed by atoms with Gasteiger partial charge in [0, 0.05) is 37.0 Å². The molecule has 2 aromatic rings.